The first-order valence-electron chi connectivity index (χ1n) is 5.15. The van der Waals surface area contributed by atoms with E-state index in [-0.39, 0.29) is 13.2 Å². The Morgan fingerprint density at radius 1 is 1.00 bits per heavy atom. The number of ether oxygens (including phenoxy) is 1. The minimum absolute atomic E-state index is 0.0121. The van der Waals surface area contributed by atoms with Gasteiger partial charge in [0.25, 0.3) is 0 Å². The fourth-order valence-corrected chi connectivity index (χ4v) is 0.926. The van der Waals surface area contributed by atoms with E-state index in [9.17, 15) is 0 Å². The van der Waals surface area contributed by atoms with Crippen LogP contribution in [0.5, 0.6) is 0 Å². The average Bonchev–Trinajstić information content (AvgIpc) is 2.19. The van der Waals surface area contributed by atoms with Gasteiger partial charge in [-0.15, -0.1) is 0 Å². The fraction of sp³-hybridized carbons (Fsp3) is 1.00. The molecule has 0 radical (unpaired) electrons. The van der Waals surface area contributed by atoms with Crippen LogP contribution in [-0.4, -0.2) is 57.5 Å². The van der Waals surface area contributed by atoms with Crippen LogP contribution in [0.15, 0.2) is 0 Å². The molecule has 0 heterocycles. The van der Waals surface area contributed by atoms with Crippen LogP contribution < -0.4 is 0 Å². The van der Waals surface area contributed by atoms with Gasteiger partial charge in [-0.1, -0.05) is 13.8 Å². The van der Waals surface area contributed by atoms with Gasteiger partial charge in [0.2, 0.25) is 0 Å². The monoisotopic (exact) mass is 256 g/mol. The molecule has 0 saturated carbocycles. The molecular weight excluding hydrogens is 236 g/mol. The molecule has 0 aromatic heterocycles. The number of hydrogen-bond acceptors (Lipinski definition) is 9. The van der Waals surface area contributed by atoms with Crippen LogP contribution in [0.1, 0.15) is 20.3 Å². The number of rotatable bonds is 10. The van der Waals surface area contributed by atoms with Gasteiger partial charge in [0.1, 0.15) is 12.7 Å². The van der Waals surface area contributed by atoms with E-state index in [1.54, 1.807) is 0 Å². The lowest BCUT2D eigenvalue weighted by Crippen LogP contribution is -2.34. The van der Waals surface area contributed by atoms with Gasteiger partial charge in [0.05, 0.1) is 17.4 Å². The first kappa shape index (κ1) is 16.6. The van der Waals surface area contributed by atoms with Crippen molar-refractivity contribution in [2.75, 3.05) is 19.8 Å². The summed E-state index contributed by atoms with van der Waals surface area (Å²) in [7, 11) is 0. The van der Waals surface area contributed by atoms with Crippen molar-refractivity contribution in [2.45, 2.75) is 26.4 Å². The molecule has 0 fully saturated rings. The molecule has 4 N–H and O–H groups in total. The van der Waals surface area contributed by atoms with Gasteiger partial charge in [-0.25, -0.2) is 9.68 Å². The van der Waals surface area contributed by atoms with E-state index in [1.165, 1.54) is 0 Å². The summed E-state index contributed by atoms with van der Waals surface area (Å²) in [5.41, 5.74) is 0. The second-order valence-electron chi connectivity index (χ2n) is 3.79. The van der Waals surface area contributed by atoms with E-state index in [0.717, 1.165) is 6.42 Å². The SMILES string of the molecule is CC(C)CCOC[C@@H](CON(O)O)ON(O)O. The minimum atomic E-state index is -0.890. The van der Waals surface area contributed by atoms with Crippen LogP contribution >= 0.6 is 0 Å². The molecule has 0 aromatic rings. The predicted octanol–water partition coefficient (Wildman–Crippen LogP) is 0.442. The number of hydrogen-bond donors (Lipinski definition) is 4. The maximum absolute atomic E-state index is 8.45. The smallest absolute Gasteiger partial charge is 0.133 e. The van der Waals surface area contributed by atoms with Crippen molar-refractivity contribution in [3.8, 4) is 0 Å². The molecule has 9 heteroatoms. The molecule has 9 nitrogen and oxygen atoms in total. The van der Waals surface area contributed by atoms with Gasteiger partial charge < -0.3 is 4.74 Å². The quantitative estimate of drug-likeness (QED) is 0.326. The van der Waals surface area contributed by atoms with Gasteiger partial charge in [0.15, 0.2) is 0 Å². The molecule has 0 aliphatic heterocycles. The summed E-state index contributed by atoms with van der Waals surface area (Å²) in [5.74, 6) is 0.489. The first-order valence-corrected chi connectivity index (χ1v) is 5.15. The topological polar surface area (TPSA) is 115 Å². The zero-order chi connectivity index (χ0) is 13.3. The van der Waals surface area contributed by atoms with Crippen LogP contribution in [0.3, 0.4) is 0 Å². The Morgan fingerprint density at radius 2 is 1.65 bits per heavy atom. The van der Waals surface area contributed by atoms with E-state index in [0.29, 0.717) is 12.5 Å². The Balaban J connectivity index is 3.76. The molecular formula is C8H20N2O7. The van der Waals surface area contributed by atoms with Crippen molar-refractivity contribution in [3.63, 3.8) is 0 Å². The molecule has 0 bridgehead atoms. The van der Waals surface area contributed by atoms with Gasteiger partial charge in [-0.05, 0) is 12.3 Å². The van der Waals surface area contributed by atoms with E-state index >= 15 is 0 Å². The summed E-state index contributed by atoms with van der Waals surface area (Å²) >= 11 is 0. The molecule has 104 valence electrons. The van der Waals surface area contributed by atoms with Gasteiger partial charge in [0, 0.05) is 6.61 Å². The van der Waals surface area contributed by atoms with Crippen molar-refractivity contribution in [1.29, 1.82) is 0 Å². The van der Waals surface area contributed by atoms with Crippen molar-refractivity contribution in [2.24, 2.45) is 5.92 Å². The average molecular weight is 256 g/mol. The standard InChI is InChI=1S/C8H20N2O7/c1-7(2)3-4-15-5-8(17-10(13)14)6-16-9(11)12/h7-8,11-14H,3-6H2,1-2H3/t8-/m0/s1. The summed E-state index contributed by atoms with van der Waals surface area (Å²) in [6.07, 6.45) is -0.0410. The van der Waals surface area contributed by atoms with Gasteiger partial charge >= 0.3 is 0 Å². The number of nitrogens with zero attached hydrogens (tertiary/aromatic N) is 2. The lowest BCUT2D eigenvalue weighted by molar-refractivity contribution is -0.528. The lowest BCUT2D eigenvalue weighted by atomic mass is 10.1. The molecule has 0 unspecified atom stereocenters. The zero-order valence-corrected chi connectivity index (χ0v) is 9.89. The fourth-order valence-electron chi connectivity index (χ4n) is 0.926. The Hall–Kier alpha value is -0.360. The van der Waals surface area contributed by atoms with E-state index in [2.05, 4.69) is 9.68 Å². The summed E-state index contributed by atoms with van der Waals surface area (Å²) in [6, 6.07) is 0. The van der Waals surface area contributed by atoms with Crippen LogP contribution in [0.25, 0.3) is 0 Å². The highest BCUT2D eigenvalue weighted by molar-refractivity contribution is 4.53. The van der Waals surface area contributed by atoms with Crippen molar-refractivity contribution in [1.82, 2.24) is 10.8 Å². The van der Waals surface area contributed by atoms with Crippen LogP contribution in [-0.2, 0) is 14.4 Å². The normalized spacial score (nSPS) is 13.9. The first-order chi connectivity index (χ1) is 7.91. The Labute approximate surface area is 99.1 Å². The third-order valence-corrected chi connectivity index (χ3v) is 1.76. The van der Waals surface area contributed by atoms with E-state index in [4.69, 9.17) is 25.6 Å². The van der Waals surface area contributed by atoms with Crippen LogP contribution in [0, 0.1) is 5.92 Å². The van der Waals surface area contributed by atoms with Crippen LogP contribution in [0.4, 0.5) is 0 Å². The second kappa shape index (κ2) is 9.65. The van der Waals surface area contributed by atoms with Gasteiger partial charge in [-0.3, -0.25) is 20.8 Å². The predicted molar refractivity (Wildman–Crippen MR) is 51.9 cm³/mol. The van der Waals surface area contributed by atoms with Gasteiger partial charge in [-0.2, -0.15) is 0 Å². The zero-order valence-electron chi connectivity index (χ0n) is 9.89. The summed E-state index contributed by atoms with van der Waals surface area (Å²) in [5, 5.41) is 32.5. The second-order valence-corrected chi connectivity index (χ2v) is 3.79. The van der Waals surface area contributed by atoms with Crippen molar-refractivity contribution in [3.05, 3.63) is 0 Å². The van der Waals surface area contributed by atoms with Crippen molar-refractivity contribution >= 4 is 0 Å². The van der Waals surface area contributed by atoms with E-state index < -0.39 is 16.9 Å². The Morgan fingerprint density at radius 3 is 2.12 bits per heavy atom. The largest absolute Gasteiger partial charge is 0.379 e. The maximum atomic E-state index is 8.45. The molecule has 17 heavy (non-hydrogen) atoms. The highest BCUT2D eigenvalue weighted by atomic mass is 17.1. The molecule has 0 rings (SSSR count). The molecule has 0 aliphatic carbocycles. The Bertz CT molecular complexity index is 179. The molecule has 0 saturated heterocycles. The highest BCUT2D eigenvalue weighted by Crippen LogP contribution is 2.02. The summed E-state index contributed by atoms with van der Waals surface area (Å²) < 4.78 is 5.20. The molecule has 0 aliphatic rings. The molecule has 1 atom stereocenters. The van der Waals surface area contributed by atoms with Crippen molar-refractivity contribution < 1.29 is 35.2 Å². The molecule has 0 spiro atoms. The lowest BCUT2D eigenvalue weighted by Gasteiger charge is -2.19. The Kier molecular flexibility index (Phi) is 9.44. The molecule has 0 amide bonds. The summed E-state index contributed by atoms with van der Waals surface area (Å²) in [4.78, 5) is 8.73. The minimum Gasteiger partial charge on any atom is -0.379 e. The van der Waals surface area contributed by atoms with Crippen LogP contribution in [0.2, 0.25) is 0 Å². The maximum Gasteiger partial charge on any atom is 0.133 e. The summed E-state index contributed by atoms with van der Waals surface area (Å²) in [6.45, 7) is 4.25. The third-order valence-electron chi connectivity index (χ3n) is 1.76. The molecule has 0 aromatic carbocycles. The third kappa shape index (κ3) is 11.9. The highest BCUT2D eigenvalue weighted by Gasteiger charge is 2.15. The van der Waals surface area contributed by atoms with E-state index in [1.807, 2.05) is 13.8 Å².